The summed E-state index contributed by atoms with van der Waals surface area (Å²) >= 11 is 0. The second-order valence-corrected chi connectivity index (χ2v) is 5.21. The zero-order valence-corrected chi connectivity index (χ0v) is 12.8. The molecule has 0 spiro atoms. The van der Waals surface area contributed by atoms with Gasteiger partial charge in [0.15, 0.2) is 0 Å². The van der Waals surface area contributed by atoms with Crippen molar-refractivity contribution in [3.05, 3.63) is 0 Å². The first-order chi connectivity index (χ1) is 9.08. The van der Waals surface area contributed by atoms with Crippen LogP contribution in [0.15, 0.2) is 0 Å². The first-order valence-electron chi connectivity index (χ1n) is 7.43. The molecule has 1 rings (SSSR count). The molecule has 2 atom stereocenters. The molecule has 0 bridgehead atoms. The van der Waals surface area contributed by atoms with Crippen molar-refractivity contribution >= 4 is 5.91 Å². The van der Waals surface area contributed by atoms with E-state index in [4.69, 9.17) is 4.74 Å². The van der Waals surface area contributed by atoms with Crippen LogP contribution in [0.2, 0.25) is 0 Å². The number of rotatable bonds is 7. The maximum absolute atomic E-state index is 12.3. The van der Waals surface area contributed by atoms with Crippen LogP contribution in [0.3, 0.4) is 0 Å². The van der Waals surface area contributed by atoms with Crippen LogP contribution in [0.1, 0.15) is 27.7 Å². The van der Waals surface area contributed by atoms with Gasteiger partial charge >= 0.3 is 0 Å². The second kappa shape index (κ2) is 8.51. The number of likely N-dealkylation sites (N-methyl/N-ethyl adjacent to an activating group) is 1. The molecule has 112 valence electrons. The minimum atomic E-state index is -0.122. The number of carbonyl (C=O) groups excluding carboxylic acids is 1. The van der Waals surface area contributed by atoms with Crippen molar-refractivity contribution in [2.24, 2.45) is 0 Å². The molecule has 0 radical (unpaired) electrons. The monoisotopic (exact) mass is 271 g/mol. The molecule has 1 fully saturated rings. The van der Waals surface area contributed by atoms with Crippen LogP contribution in [0, 0.1) is 0 Å². The molecule has 0 aromatic rings. The summed E-state index contributed by atoms with van der Waals surface area (Å²) in [4.78, 5) is 16.5. The number of carbonyl (C=O) groups is 1. The largest absolute Gasteiger partial charge is 0.378 e. The van der Waals surface area contributed by atoms with Crippen LogP contribution in [0.5, 0.6) is 0 Å². The van der Waals surface area contributed by atoms with Crippen molar-refractivity contribution in [1.82, 2.24) is 15.1 Å². The number of ether oxygens (including phenoxy) is 1. The van der Waals surface area contributed by atoms with Crippen LogP contribution < -0.4 is 5.32 Å². The molecular weight excluding hydrogens is 242 g/mol. The fraction of sp³-hybridized carbons (Fsp3) is 0.929. The Balaban J connectivity index is 2.35. The highest BCUT2D eigenvalue weighted by molar-refractivity contribution is 5.81. The maximum atomic E-state index is 12.3. The molecule has 1 amide bonds. The third-order valence-electron chi connectivity index (χ3n) is 3.65. The smallest absolute Gasteiger partial charge is 0.239 e. The van der Waals surface area contributed by atoms with E-state index < -0.39 is 0 Å². The Morgan fingerprint density at radius 2 is 1.84 bits per heavy atom. The normalized spacial score (nSPS) is 19.5. The predicted octanol–water partition coefficient (Wildman–Crippen LogP) is 0.554. The molecule has 1 saturated heterocycles. The van der Waals surface area contributed by atoms with Crippen molar-refractivity contribution in [2.45, 2.75) is 39.8 Å². The summed E-state index contributed by atoms with van der Waals surface area (Å²) in [6, 6.07) is 0.198. The van der Waals surface area contributed by atoms with Crippen LogP contribution in [0.25, 0.3) is 0 Å². The molecular formula is C14H29N3O2. The minimum absolute atomic E-state index is 0.122. The lowest BCUT2D eigenvalue weighted by Crippen LogP contribution is -2.52. The van der Waals surface area contributed by atoms with Crippen LogP contribution >= 0.6 is 0 Å². The summed E-state index contributed by atoms with van der Waals surface area (Å²) in [5.74, 6) is 0.190. The Bertz CT molecular complexity index is 263. The Labute approximate surface area is 117 Å². The molecule has 0 saturated carbocycles. The van der Waals surface area contributed by atoms with Crippen molar-refractivity contribution in [1.29, 1.82) is 0 Å². The summed E-state index contributed by atoms with van der Waals surface area (Å²) < 4.78 is 5.27. The minimum Gasteiger partial charge on any atom is -0.378 e. The van der Waals surface area contributed by atoms with E-state index in [1.165, 1.54) is 0 Å². The summed E-state index contributed by atoms with van der Waals surface area (Å²) in [6.45, 7) is 14.3. The number of hydrogen-bond donors (Lipinski definition) is 1. The number of morpholine rings is 1. The van der Waals surface area contributed by atoms with E-state index in [0.717, 1.165) is 32.7 Å². The van der Waals surface area contributed by atoms with E-state index in [1.807, 2.05) is 11.8 Å². The molecule has 0 aliphatic carbocycles. The van der Waals surface area contributed by atoms with Gasteiger partial charge in [0, 0.05) is 25.7 Å². The lowest BCUT2D eigenvalue weighted by molar-refractivity contribution is -0.137. The van der Waals surface area contributed by atoms with Crippen molar-refractivity contribution < 1.29 is 9.53 Å². The van der Waals surface area contributed by atoms with Gasteiger partial charge in [0.25, 0.3) is 0 Å². The maximum Gasteiger partial charge on any atom is 0.239 e. The van der Waals surface area contributed by atoms with Gasteiger partial charge in [0.1, 0.15) is 0 Å². The average Bonchev–Trinajstić information content (AvgIpc) is 2.44. The molecule has 1 aliphatic rings. The molecule has 5 heteroatoms. The highest BCUT2D eigenvalue weighted by Gasteiger charge is 2.23. The molecule has 1 N–H and O–H groups in total. The van der Waals surface area contributed by atoms with Gasteiger partial charge in [0.05, 0.1) is 19.3 Å². The van der Waals surface area contributed by atoms with Crippen LogP contribution in [-0.4, -0.2) is 73.7 Å². The van der Waals surface area contributed by atoms with Crippen molar-refractivity contribution in [3.63, 3.8) is 0 Å². The van der Waals surface area contributed by atoms with Gasteiger partial charge in [-0.1, -0.05) is 13.8 Å². The third-order valence-corrected chi connectivity index (χ3v) is 3.65. The van der Waals surface area contributed by atoms with Gasteiger partial charge in [0.2, 0.25) is 5.91 Å². The highest BCUT2D eigenvalue weighted by Crippen LogP contribution is 2.02. The quantitative estimate of drug-likeness (QED) is 0.735. The summed E-state index contributed by atoms with van der Waals surface area (Å²) in [5.41, 5.74) is 0. The zero-order chi connectivity index (χ0) is 14.3. The fourth-order valence-corrected chi connectivity index (χ4v) is 2.48. The number of nitrogens with zero attached hydrogens (tertiary/aromatic N) is 2. The highest BCUT2D eigenvalue weighted by atomic mass is 16.5. The predicted molar refractivity (Wildman–Crippen MR) is 77.2 cm³/mol. The standard InChI is InChI=1S/C14H29N3O2/c1-5-16(6-2)11-12(3)15-13(4)14(18)17-7-9-19-10-8-17/h12-13,15H,5-11H2,1-4H3. The van der Waals surface area contributed by atoms with E-state index in [9.17, 15) is 4.79 Å². The van der Waals surface area contributed by atoms with Gasteiger partial charge in [-0.15, -0.1) is 0 Å². The molecule has 1 aliphatic heterocycles. The topological polar surface area (TPSA) is 44.8 Å². The van der Waals surface area contributed by atoms with Crippen LogP contribution in [-0.2, 0) is 9.53 Å². The van der Waals surface area contributed by atoms with Gasteiger partial charge in [-0.05, 0) is 26.9 Å². The average molecular weight is 271 g/mol. The Morgan fingerprint density at radius 1 is 1.26 bits per heavy atom. The number of hydrogen-bond acceptors (Lipinski definition) is 4. The lowest BCUT2D eigenvalue weighted by atomic mass is 10.2. The van der Waals surface area contributed by atoms with E-state index in [2.05, 4.69) is 31.0 Å². The molecule has 5 nitrogen and oxygen atoms in total. The van der Waals surface area contributed by atoms with E-state index in [-0.39, 0.29) is 11.9 Å². The Kier molecular flexibility index (Phi) is 7.34. The zero-order valence-electron chi connectivity index (χ0n) is 12.8. The first kappa shape index (κ1) is 16.4. The SMILES string of the molecule is CCN(CC)CC(C)NC(C)C(=O)N1CCOCC1. The summed E-state index contributed by atoms with van der Waals surface area (Å²) in [7, 11) is 0. The molecule has 0 aromatic heterocycles. The molecule has 2 unspecified atom stereocenters. The van der Waals surface area contributed by atoms with E-state index in [1.54, 1.807) is 0 Å². The summed E-state index contributed by atoms with van der Waals surface area (Å²) in [6.07, 6.45) is 0. The molecule has 19 heavy (non-hydrogen) atoms. The first-order valence-corrected chi connectivity index (χ1v) is 7.43. The fourth-order valence-electron chi connectivity index (χ4n) is 2.48. The molecule has 0 aromatic carbocycles. The summed E-state index contributed by atoms with van der Waals surface area (Å²) in [5, 5.41) is 3.40. The molecule has 1 heterocycles. The van der Waals surface area contributed by atoms with Crippen molar-refractivity contribution in [2.75, 3.05) is 45.9 Å². The lowest BCUT2D eigenvalue weighted by Gasteiger charge is -2.31. The number of amides is 1. The van der Waals surface area contributed by atoms with Crippen LogP contribution in [0.4, 0.5) is 0 Å². The van der Waals surface area contributed by atoms with Gasteiger partial charge < -0.3 is 19.9 Å². The van der Waals surface area contributed by atoms with Gasteiger partial charge in [-0.3, -0.25) is 4.79 Å². The van der Waals surface area contributed by atoms with Gasteiger partial charge in [-0.25, -0.2) is 0 Å². The Hall–Kier alpha value is -0.650. The van der Waals surface area contributed by atoms with Crippen molar-refractivity contribution in [3.8, 4) is 0 Å². The number of nitrogens with one attached hydrogen (secondary N) is 1. The van der Waals surface area contributed by atoms with E-state index >= 15 is 0 Å². The Morgan fingerprint density at radius 3 is 2.37 bits per heavy atom. The third kappa shape index (κ3) is 5.47. The van der Waals surface area contributed by atoms with E-state index in [0.29, 0.717) is 19.3 Å². The second-order valence-electron chi connectivity index (χ2n) is 5.21. The van der Waals surface area contributed by atoms with Gasteiger partial charge in [-0.2, -0.15) is 0 Å².